The molecule has 2 N–H and O–H groups in total. The first-order valence-corrected chi connectivity index (χ1v) is 10.6. The Morgan fingerprint density at radius 3 is 2.81 bits per heavy atom. The molecule has 6 bridgehead atoms. The predicted octanol–water partition coefficient (Wildman–Crippen LogP) is 3.83. The van der Waals surface area contributed by atoms with Crippen LogP contribution in [-0.4, -0.2) is 50.0 Å². The predicted molar refractivity (Wildman–Crippen MR) is 121 cm³/mol. The van der Waals surface area contributed by atoms with Gasteiger partial charge in [0, 0.05) is 23.5 Å². The summed E-state index contributed by atoms with van der Waals surface area (Å²) in [6.45, 7) is 2.92. The average Bonchev–Trinajstić information content (AvgIpc) is 2.80. The van der Waals surface area contributed by atoms with Gasteiger partial charge in [0.15, 0.2) is 0 Å². The Bertz CT molecular complexity index is 996. The minimum atomic E-state index is 0.476. The second-order valence-electron chi connectivity index (χ2n) is 7.26. The molecule has 0 aliphatic carbocycles. The van der Waals surface area contributed by atoms with Gasteiger partial charge in [-0.2, -0.15) is 0 Å². The van der Waals surface area contributed by atoms with Gasteiger partial charge >= 0.3 is 0 Å². The van der Waals surface area contributed by atoms with Gasteiger partial charge in [-0.25, -0.2) is 9.97 Å². The molecule has 2 heterocycles. The van der Waals surface area contributed by atoms with Crippen molar-refractivity contribution < 1.29 is 14.2 Å². The van der Waals surface area contributed by atoms with Gasteiger partial charge in [-0.3, -0.25) is 0 Å². The highest BCUT2D eigenvalue weighted by Gasteiger charge is 2.09. The summed E-state index contributed by atoms with van der Waals surface area (Å²) in [5.74, 6) is 2.17. The number of hydrogen-bond donors (Lipinski definition) is 2. The fourth-order valence-corrected chi connectivity index (χ4v) is 3.41. The highest BCUT2D eigenvalue weighted by Crippen LogP contribution is 2.27. The molecule has 7 nitrogen and oxygen atoms in total. The van der Waals surface area contributed by atoms with Gasteiger partial charge < -0.3 is 24.8 Å². The number of aryl methyl sites for hydroxylation is 1. The van der Waals surface area contributed by atoms with Crippen molar-refractivity contribution >= 4 is 11.6 Å². The zero-order valence-electron chi connectivity index (χ0n) is 17.8. The molecule has 162 valence electrons. The summed E-state index contributed by atoms with van der Waals surface area (Å²) in [7, 11) is 1.97. The quantitative estimate of drug-likeness (QED) is 0.621. The van der Waals surface area contributed by atoms with Crippen LogP contribution in [0.2, 0.25) is 0 Å². The Morgan fingerprint density at radius 2 is 1.90 bits per heavy atom. The normalized spacial score (nSPS) is 14.0. The number of benzene rings is 2. The minimum absolute atomic E-state index is 0.476. The maximum Gasteiger partial charge on any atom is 0.227 e. The van der Waals surface area contributed by atoms with E-state index in [-0.39, 0.29) is 0 Å². The van der Waals surface area contributed by atoms with Crippen LogP contribution in [0.4, 0.5) is 11.6 Å². The van der Waals surface area contributed by atoms with E-state index in [4.69, 9.17) is 14.2 Å². The van der Waals surface area contributed by atoms with E-state index in [1.54, 1.807) is 6.20 Å². The number of nitrogens with one attached hydrogen (secondary N) is 2. The lowest BCUT2D eigenvalue weighted by molar-refractivity contribution is 0.0762. The number of nitrogens with zero attached hydrogens (tertiary/aromatic N) is 2. The molecule has 0 saturated carbocycles. The summed E-state index contributed by atoms with van der Waals surface area (Å²) >= 11 is 0. The molecule has 0 fully saturated rings. The average molecular weight is 421 g/mol. The van der Waals surface area contributed by atoms with E-state index >= 15 is 0 Å². The topological polar surface area (TPSA) is 77.5 Å². The Hall–Kier alpha value is -3.16. The van der Waals surface area contributed by atoms with Gasteiger partial charge in [0.05, 0.1) is 18.9 Å². The largest absolute Gasteiger partial charge is 0.491 e. The maximum absolute atomic E-state index is 6.06. The van der Waals surface area contributed by atoms with Crippen LogP contribution in [0, 0.1) is 0 Å². The number of rotatable bonds is 4. The van der Waals surface area contributed by atoms with Gasteiger partial charge in [0.2, 0.25) is 5.95 Å². The smallest absolute Gasteiger partial charge is 0.227 e. The van der Waals surface area contributed by atoms with Gasteiger partial charge in [0.25, 0.3) is 0 Å². The summed E-state index contributed by atoms with van der Waals surface area (Å²) in [4.78, 5) is 9.06. The Labute approximate surface area is 182 Å². The van der Waals surface area contributed by atoms with Crippen LogP contribution in [-0.2, 0) is 11.2 Å². The zero-order chi connectivity index (χ0) is 21.3. The third-order valence-electron chi connectivity index (χ3n) is 4.96. The van der Waals surface area contributed by atoms with Crippen molar-refractivity contribution in [3.8, 4) is 22.8 Å². The number of ether oxygens (including phenoxy) is 3. The molecular formula is C24H28N4O3. The van der Waals surface area contributed by atoms with Gasteiger partial charge in [-0.05, 0) is 56.3 Å². The molecule has 0 atom stereocenters. The SMILES string of the molecule is CNCCCc1ccc2cc1OCCOCCOc1cccc(c1)-c1ccnc(n1)N2. The van der Waals surface area contributed by atoms with E-state index < -0.39 is 0 Å². The lowest BCUT2D eigenvalue weighted by atomic mass is 10.1. The molecule has 0 unspecified atom stereocenters. The molecule has 1 aliphatic rings. The van der Waals surface area contributed by atoms with Crippen LogP contribution >= 0.6 is 0 Å². The highest BCUT2D eigenvalue weighted by atomic mass is 16.5. The number of aromatic nitrogens is 2. The van der Waals surface area contributed by atoms with Gasteiger partial charge in [0.1, 0.15) is 24.7 Å². The molecule has 3 aromatic rings. The first kappa shape index (κ1) is 21.1. The minimum Gasteiger partial charge on any atom is -0.491 e. The highest BCUT2D eigenvalue weighted by molar-refractivity contribution is 5.64. The Morgan fingerprint density at radius 1 is 1.00 bits per heavy atom. The maximum atomic E-state index is 6.06. The molecule has 1 aromatic heterocycles. The summed E-state index contributed by atoms with van der Waals surface area (Å²) in [5.41, 5.74) is 3.85. The molecule has 7 heteroatoms. The molecule has 0 spiro atoms. The molecule has 2 aromatic carbocycles. The van der Waals surface area contributed by atoms with E-state index in [0.29, 0.717) is 32.4 Å². The monoisotopic (exact) mass is 420 g/mol. The van der Waals surface area contributed by atoms with Crippen molar-refractivity contribution in [2.45, 2.75) is 12.8 Å². The molecule has 0 amide bonds. The van der Waals surface area contributed by atoms with Crippen LogP contribution in [0.1, 0.15) is 12.0 Å². The molecule has 4 rings (SSSR count). The van der Waals surface area contributed by atoms with Crippen LogP contribution < -0.4 is 20.1 Å². The van der Waals surface area contributed by atoms with Crippen molar-refractivity contribution in [3.05, 3.63) is 60.3 Å². The number of anilines is 2. The van der Waals surface area contributed by atoms with Crippen LogP contribution in [0.15, 0.2) is 54.7 Å². The van der Waals surface area contributed by atoms with Crippen LogP contribution in [0.5, 0.6) is 11.5 Å². The first-order chi connectivity index (χ1) is 15.3. The fourth-order valence-electron chi connectivity index (χ4n) is 3.41. The summed E-state index contributed by atoms with van der Waals surface area (Å²) in [6.07, 6.45) is 3.73. The molecule has 31 heavy (non-hydrogen) atoms. The second-order valence-corrected chi connectivity index (χ2v) is 7.26. The molecule has 0 saturated heterocycles. The summed E-state index contributed by atoms with van der Waals surface area (Å²) < 4.78 is 17.6. The molecule has 1 aliphatic heterocycles. The third kappa shape index (κ3) is 5.93. The van der Waals surface area contributed by atoms with Gasteiger partial charge in [-0.1, -0.05) is 18.2 Å². The fraction of sp³-hybridized carbons (Fsp3) is 0.333. The number of hydrogen-bond acceptors (Lipinski definition) is 7. The Kier molecular flexibility index (Phi) is 7.31. The lowest BCUT2D eigenvalue weighted by Gasteiger charge is -2.14. The second kappa shape index (κ2) is 10.7. The van der Waals surface area contributed by atoms with Crippen LogP contribution in [0.3, 0.4) is 0 Å². The summed E-state index contributed by atoms with van der Waals surface area (Å²) in [6, 6.07) is 15.9. The van der Waals surface area contributed by atoms with Gasteiger partial charge in [-0.15, -0.1) is 0 Å². The van der Waals surface area contributed by atoms with E-state index in [1.165, 1.54) is 5.56 Å². The third-order valence-corrected chi connectivity index (χ3v) is 4.96. The summed E-state index contributed by atoms with van der Waals surface area (Å²) in [5, 5.41) is 6.49. The first-order valence-electron chi connectivity index (χ1n) is 10.6. The molecule has 0 radical (unpaired) electrons. The van der Waals surface area contributed by atoms with Crippen LogP contribution in [0.25, 0.3) is 11.3 Å². The van der Waals surface area contributed by atoms with E-state index in [0.717, 1.165) is 47.8 Å². The van der Waals surface area contributed by atoms with Crippen molar-refractivity contribution in [2.75, 3.05) is 45.3 Å². The van der Waals surface area contributed by atoms with E-state index in [9.17, 15) is 0 Å². The lowest BCUT2D eigenvalue weighted by Crippen LogP contribution is -2.13. The number of fused-ring (bicyclic) bond motifs is 7. The van der Waals surface area contributed by atoms with E-state index in [2.05, 4.69) is 26.7 Å². The zero-order valence-corrected chi connectivity index (χ0v) is 17.8. The standard InChI is InChI=1S/C24H28N4O3/c1-25-10-3-5-18-7-8-20-17-23(18)31-15-13-29-12-14-30-21-6-2-4-19(16-21)22-9-11-26-24(27-20)28-22/h2,4,6-9,11,16-17,25H,3,5,10,12-15H2,1H3,(H,26,27,28). The Balaban J connectivity index is 1.62. The van der Waals surface area contributed by atoms with Crippen molar-refractivity contribution in [1.29, 1.82) is 0 Å². The van der Waals surface area contributed by atoms with E-state index in [1.807, 2.05) is 49.5 Å². The van der Waals surface area contributed by atoms with Crippen molar-refractivity contribution in [1.82, 2.24) is 15.3 Å². The molecular weight excluding hydrogens is 392 g/mol. The van der Waals surface area contributed by atoms with Crippen molar-refractivity contribution in [3.63, 3.8) is 0 Å². The van der Waals surface area contributed by atoms with Crippen molar-refractivity contribution in [2.24, 2.45) is 0 Å².